The fraction of sp³-hybridized carbons (Fsp3) is 0.429. The summed E-state index contributed by atoms with van der Waals surface area (Å²) in [4.78, 5) is 14.2. The summed E-state index contributed by atoms with van der Waals surface area (Å²) < 4.78 is 86.4. The van der Waals surface area contributed by atoms with Crippen LogP contribution in [0.25, 0.3) is 0 Å². The number of halogens is 7. The predicted molar refractivity (Wildman–Crippen MR) is 47.1 cm³/mol. The van der Waals surface area contributed by atoms with Gasteiger partial charge in [0.1, 0.15) is 5.56 Å². The Hall–Kier alpha value is -1.39. The van der Waals surface area contributed by atoms with Gasteiger partial charge in [-0.1, -0.05) is 0 Å². The highest BCUT2D eigenvalue weighted by molar-refractivity contribution is 7.71. The Kier molecular flexibility index (Phi) is 3.32. The Bertz CT molecular complexity index is 558. The summed E-state index contributed by atoms with van der Waals surface area (Å²) in [5.74, 6) is -12.1. The van der Waals surface area contributed by atoms with Crippen LogP contribution in [0.15, 0.2) is 11.0 Å². The Balaban J connectivity index is 3.47. The molecule has 1 rings (SSSR count). The van der Waals surface area contributed by atoms with E-state index >= 15 is 0 Å². The van der Waals surface area contributed by atoms with Crippen LogP contribution < -0.4 is 5.56 Å². The van der Waals surface area contributed by atoms with E-state index in [1.54, 1.807) is 4.98 Å². The second-order valence-corrected chi connectivity index (χ2v) is 3.54. The topological polar surface area (TPSA) is 48.6 Å². The van der Waals surface area contributed by atoms with Crippen LogP contribution in [0, 0.1) is 4.77 Å². The van der Waals surface area contributed by atoms with Gasteiger partial charge in [0.25, 0.3) is 5.56 Å². The molecule has 0 aliphatic heterocycles. The van der Waals surface area contributed by atoms with Gasteiger partial charge >= 0.3 is 18.0 Å². The van der Waals surface area contributed by atoms with Gasteiger partial charge in [-0.05, 0) is 12.2 Å². The van der Waals surface area contributed by atoms with Crippen LogP contribution in [0.3, 0.4) is 0 Å². The van der Waals surface area contributed by atoms with Crippen molar-refractivity contribution >= 4 is 12.2 Å². The second-order valence-electron chi connectivity index (χ2n) is 3.13. The first-order valence-electron chi connectivity index (χ1n) is 4.06. The molecular formula is C7H3F7N2OS. The van der Waals surface area contributed by atoms with Gasteiger partial charge in [-0.15, -0.1) is 0 Å². The maximum Gasteiger partial charge on any atom is 0.460 e. The highest BCUT2D eigenvalue weighted by Crippen LogP contribution is 2.50. The smallest absolute Gasteiger partial charge is 0.338 e. The molecule has 2 N–H and O–H groups in total. The normalized spacial score (nSPS) is 13.7. The molecule has 0 unspecified atom stereocenters. The van der Waals surface area contributed by atoms with Crippen molar-refractivity contribution in [2.24, 2.45) is 0 Å². The molecule has 18 heavy (non-hydrogen) atoms. The average Bonchev–Trinajstić information content (AvgIpc) is 2.14. The van der Waals surface area contributed by atoms with Crippen LogP contribution in [-0.2, 0) is 5.92 Å². The third kappa shape index (κ3) is 2.13. The number of aromatic amines is 2. The van der Waals surface area contributed by atoms with E-state index < -0.39 is 33.9 Å². The molecule has 3 nitrogen and oxygen atoms in total. The van der Waals surface area contributed by atoms with Gasteiger partial charge in [0.2, 0.25) is 0 Å². The molecule has 0 saturated carbocycles. The van der Waals surface area contributed by atoms with Gasteiger partial charge in [-0.25, -0.2) is 0 Å². The quantitative estimate of drug-likeness (QED) is 0.651. The molecule has 11 heteroatoms. The Morgan fingerprint density at radius 1 is 1.06 bits per heavy atom. The summed E-state index contributed by atoms with van der Waals surface area (Å²) >= 11 is 4.28. The summed E-state index contributed by atoms with van der Waals surface area (Å²) in [5, 5.41) is 0. The largest absolute Gasteiger partial charge is 0.460 e. The fourth-order valence-corrected chi connectivity index (χ4v) is 1.14. The van der Waals surface area contributed by atoms with Crippen molar-refractivity contribution in [3.8, 4) is 0 Å². The lowest BCUT2D eigenvalue weighted by atomic mass is 10.1. The highest BCUT2D eigenvalue weighted by Gasteiger charge is 2.74. The monoisotopic (exact) mass is 296 g/mol. The number of nitrogens with one attached hydrogen (secondary N) is 2. The van der Waals surface area contributed by atoms with Crippen molar-refractivity contribution < 1.29 is 30.7 Å². The first kappa shape index (κ1) is 14.7. The van der Waals surface area contributed by atoms with Crippen molar-refractivity contribution in [3.63, 3.8) is 0 Å². The van der Waals surface area contributed by atoms with E-state index in [4.69, 9.17) is 0 Å². The number of H-pyrrole nitrogens is 2. The van der Waals surface area contributed by atoms with E-state index in [9.17, 15) is 35.5 Å². The molecule has 0 fully saturated rings. The molecule has 1 aromatic rings. The molecule has 0 saturated heterocycles. The SMILES string of the molecule is O=c1[nH]c(=S)[nH]cc1C(F)(F)C(F)(F)C(F)(F)F. The molecular weight excluding hydrogens is 293 g/mol. The second kappa shape index (κ2) is 4.07. The number of hydrogen-bond acceptors (Lipinski definition) is 2. The van der Waals surface area contributed by atoms with Gasteiger partial charge in [0.15, 0.2) is 4.77 Å². The average molecular weight is 296 g/mol. The lowest BCUT2D eigenvalue weighted by Crippen LogP contribution is -2.51. The van der Waals surface area contributed by atoms with E-state index in [2.05, 4.69) is 12.2 Å². The summed E-state index contributed by atoms with van der Waals surface area (Å²) in [6.07, 6.45) is -6.49. The first-order chi connectivity index (χ1) is 7.91. The van der Waals surface area contributed by atoms with Gasteiger partial charge in [0, 0.05) is 6.20 Å². The Morgan fingerprint density at radius 3 is 1.94 bits per heavy atom. The minimum Gasteiger partial charge on any atom is -0.338 e. The molecule has 0 aliphatic rings. The van der Waals surface area contributed by atoms with Crippen LogP contribution in [0.4, 0.5) is 30.7 Å². The van der Waals surface area contributed by atoms with E-state index in [-0.39, 0.29) is 6.20 Å². The van der Waals surface area contributed by atoms with Crippen molar-refractivity contribution in [2.45, 2.75) is 18.0 Å². The summed E-state index contributed by atoms with van der Waals surface area (Å²) in [7, 11) is 0. The lowest BCUT2D eigenvalue weighted by molar-refractivity contribution is -0.359. The van der Waals surface area contributed by atoms with Gasteiger partial charge in [0.05, 0.1) is 0 Å². The zero-order valence-electron chi connectivity index (χ0n) is 8.04. The number of alkyl halides is 7. The molecule has 0 atom stereocenters. The summed E-state index contributed by atoms with van der Waals surface area (Å²) in [6, 6.07) is 0. The minimum atomic E-state index is -6.50. The van der Waals surface area contributed by atoms with E-state index in [0.29, 0.717) is 0 Å². The standard InChI is InChI=1S/C7H3F7N2OS/c8-5(9,6(10,11)7(12,13)14)2-1-15-4(18)16-3(2)17/h1H,(H2,15,16,17,18). The Morgan fingerprint density at radius 2 is 1.56 bits per heavy atom. The van der Waals surface area contributed by atoms with Gasteiger partial charge in [-0.2, -0.15) is 30.7 Å². The van der Waals surface area contributed by atoms with Crippen LogP contribution in [0.1, 0.15) is 5.56 Å². The van der Waals surface area contributed by atoms with Crippen molar-refractivity contribution in [3.05, 3.63) is 26.9 Å². The molecule has 102 valence electrons. The molecule has 1 heterocycles. The van der Waals surface area contributed by atoms with Crippen molar-refractivity contribution in [1.29, 1.82) is 0 Å². The van der Waals surface area contributed by atoms with Crippen LogP contribution >= 0.6 is 12.2 Å². The maximum absolute atomic E-state index is 13.1. The third-order valence-electron chi connectivity index (χ3n) is 1.91. The number of aromatic nitrogens is 2. The predicted octanol–water partition coefficient (Wildman–Crippen LogP) is 2.72. The fourth-order valence-electron chi connectivity index (χ4n) is 0.990. The highest BCUT2D eigenvalue weighted by atomic mass is 32.1. The Labute approximate surface area is 98.6 Å². The maximum atomic E-state index is 13.1. The zero-order valence-corrected chi connectivity index (χ0v) is 8.86. The number of hydrogen-bond donors (Lipinski definition) is 2. The molecule has 1 aromatic heterocycles. The first-order valence-corrected chi connectivity index (χ1v) is 4.47. The van der Waals surface area contributed by atoms with Crippen molar-refractivity contribution in [1.82, 2.24) is 9.97 Å². The minimum absolute atomic E-state index is 0.0147. The van der Waals surface area contributed by atoms with Gasteiger partial charge in [-0.3, -0.25) is 9.78 Å². The zero-order chi connectivity index (χ0) is 14.4. The molecule has 0 aliphatic carbocycles. The molecule has 0 spiro atoms. The van der Waals surface area contributed by atoms with E-state index in [1.807, 2.05) is 0 Å². The molecule has 0 bridgehead atoms. The molecule has 0 radical (unpaired) electrons. The van der Waals surface area contributed by atoms with Gasteiger partial charge < -0.3 is 4.98 Å². The van der Waals surface area contributed by atoms with Crippen LogP contribution in [-0.4, -0.2) is 22.1 Å². The summed E-state index contributed by atoms with van der Waals surface area (Å²) in [5.41, 5.74) is -3.88. The number of rotatable bonds is 2. The van der Waals surface area contributed by atoms with E-state index in [1.165, 1.54) is 4.98 Å². The van der Waals surface area contributed by atoms with Crippen LogP contribution in [0.5, 0.6) is 0 Å². The third-order valence-corrected chi connectivity index (χ3v) is 2.13. The van der Waals surface area contributed by atoms with E-state index in [0.717, 1.165) is 0 Å². The molecule has 0 aromatic carbocycles. The summed E-state index contributed by atoms with van der Waals surface area (Å²) in [6.45, 7) is 0. The van der Waals surface area contributed by atoms with Crippen molar-refractivity contribution in [2.75, 3.05) is 0 Å². The lowest BCUT2D eigenvalue weighted by Gasteiger charge is -2.27. The molecule has 0 amide bonds. The van der Waals surface area contributed by atoms with Crippen LogP contribution in [0.2, 0.25) is 0 Å².